The van der Waals surface area contributed by atoms with Crippen LogP contribution >= 0.6 is 0 Å². The molecule has 0 atom stereocenters. The van der Waals surface area contributed by atoms with Crippen LogP contribution in [0.2, 0.25) is 0 Å². The van der Waals surface area contributed by atoms with Crippen molar-refractivity contribution in [2.75, 3.05) is 5.32 Å². The molecule has 0 unspecified atom stereocenters. The SMILES string of the molecule is CC(C)(C)CC(=O)Nc1ccc(CNC2CC2)cc1. The molecule has 104 valence electrons. The van der Waals surface area contributed by atoms with Gasteiger partial charge in [0.05, 0.1) is 0 Å². The van der Waals surface area contributed by atoms with E-state index >= 15 is 0 Å². The van der Waals surface area contributed by atoms with Gasteiger partial charge in [0, 0.05) is 24.7 Å². The lowest BCUT2D eigenvalue weighted by Gasteiger charge is -2.17. The largest absolute Gasteiger partial charge is 0.326 e. The van der Waals surface area contributed by atoms with Crippen LogP contribution in [0.1, 0.15) is 45.6 Å². The van der Waals surface area contributed by atoms with Crippen molar-refractivity contribution >= 4 is 11.6 Å². The molecular weight excluding hydrogens is 236 g/mol. The molecule has 0 spiro atoms. The smallest absolute Gasteiger partial charge is 0.224 e. The molecule has 1 saturated carbocycles. The quantitative estimate of drug-likeness (QED) is 0.852. The van der Waals surface area contributed by atoms with Gasteiger partial charge in [0.15, 0.2) is 0 Å². The summed E-state index contributed by atoms with van der Waals surface area (Å²) in [6.07, 6.45) is 3.15. The summed E-state index contributed by atoms with van der Waals surface area (Å²) in [6.45, 7) is 7.12. The maximum atomic E-state index is 11.8. The number of rotatable bonds is 5. The van der Waals surface area contributed by atoms with Gasteiger partial charge in [0.25, 0.3) is 0 Å². The summed E-state index contributed by atoms with van der Waals surface area (Å²) in [5.41, 5.74) is 2.17. The van der Waals surface area contributed by atoms with Gasteiger partial charge in [-0.3, -0.25) is 4.79 Å². The summed E-state index contributed by atoms with van der Waals surface area (Å²) in [5.74, 6) is 0.0800. The van der Waals surface area contributed by atoms with Gasteiger partial charge in [-0.1, -0.05) is 32.9 Å². The molecule has 3 heteroatoms. The van der Waals surface area contributed by atoms with Crippen LogP contribution in [0.4, 0.5) is 5.69 Å². The minimum absolute atomic E-state index is 0.0260. The Balaban J connectivity index is 1.81. The molecule has 19 heavy (non-hydrogen) atoms. The van der Waals surface area contributed by atoms with Crippen molar-refractivity contribution in [3.8, 4) is 0 Å². The van der Waals surface area contributed by atoms with Gasteiger partial charge >= 0.3 is 0 Å². The van der Waals surface area contributed by atoms with E-state index < -0.39 is 0 Å². The highest BCUT2D eigenvalue weighted by Crippen LogP contribution is 2.21. The van der Waals surface area contributed by atoms with Crippen LogP contribution in [0.15, 0.2) is 24.3 Å². The Hall–Kier alpha value is -1.35. The molecule has 0 aromatic heterocycles. The van der Waals surface area contributed by atoms with E-state index in [-0.39, 0.29) is 11.3 Å². The van der Waals surface area contributed by atoms with Crippen LogP contribution in [0.25, 0.3) is 0 Å². The Bertz CT molecular complexity index is 427. The second-order valence-corrected chi connectivity index (χ2v) is 6.64. The maximum absolute atomic E-state index is 11.8. The number of hydrogen-bond acceptors (Lipinski definition) is 2. The number of anilines is 1. The molecule has 1 aromatic rings. The molecule has 1 aliphatic rings. The van der Waals surface area contributed by atoms with Gasteiger partial charge in [0.1, 0.15) is 0 Å². The first kappa shape index (κ1) is 14.1. The van der Waals surface area contributed by atoms with Crippen LogP contribution < -0.4 is 10.6 Å². The summed E-state index contributed by atoms with van der Waals surface area (Å²) in [7, 11) is 0. The fraction of sp³-hybridized carbons (Fsp3) is 0.562. The van der Waals surface area contributed by atoms with Crippen LogP contribution in [0.5, 0.6) is 0 Å². The topological polar surface area (TPSA) is 41.1 Å². The first-order valence-electron chi connectivity index (χ1n) is 7.04. The Kier molecular flexibility index (Phi) is 4.25. The third-order valence-electron chi connectivity index (χ3n) is 3.10. The van der Waals surface area contributed by atoms with E-state index in [1.165, 1.54) is 18.4 Å². The normalized spacial score (nSPS) is 15.3. The number of hydrogen-bond donors (Lipinski definition) is 2. The monoisotopic (exact) mass is 260 g/mol. The standard InChI is InChI=1S/C16H24N2O/c1-16(2,3)10-15(19)18-14-6-4-12(5-7-14)11-17-13-8-9-13/h4-7,13,17H,8-11H2,1-3H3,(H,18,19). The zero-order valence-electron chi connectivity index (χ0n) is 12.1. The third-order valence-corrected chi connectivity index (χ3v) is 3.10. The van der Waals surface area contributed by atoms with Crippen molar-refractivity contribution in [1.29, 1.82) is 0 Å². The lowest BCUT2D eigenvalue weighted by atomic mass is 9.92. The molecule has 1 fully saturated rings. The fourth-order valence-electron chi connectivity index (χ4n) is 1.94. The molecule has 2 N–H and O–H groups in total. The van der Waals surface area contributed by atoms with Gasteiger partial charge < -0.3 is 10.6 Å². The molecule has 0 aliphatic heterocycles. The van der Waals surface area contributed by atoms with Gasteiger partial charge in [-0.05, 0) is 36.0 Å². The average Bonchev–Trinajstić information content (AvgIpc) is 3.09. The third kappa shape index (κ3) is 5.43. The van der Waals surface area contributed by atoms with E-state index in [4.69, 9.17) is 0 Å². The Morgan fingerprint density at radius 1 is 1.21 bits per heavy atom. The Morgan fingerprint density at radius 2 is 1.84 bits per heavy atom. The zero-order valence-corrected chi connectivity index (χ0v) is 12.1. The van der Waals surface area contributed by atoms with Crippen molar-refractivity contribution in [3.63, 3.8) is 0 Å². The predicted molar refractivity (Wildman–Crippen MR) is 79.0 cm³/mol. The summed E-state index contributed by atoms with van der Waals surface area (Å²) >= 11 is 0. The average molecular weight is 260 g/mol. The minimum atomic E-state index is 0.0260. The highest BCUT2D eigenvalue weighted by Gasteiger charge is 2.20. The predicted octanol–water partition coefficient (Wildman–Crippen LogP) is 3.31. The summed E-state index contributed by atoms with van der Waals surface area (Å²) in [6, 6.07) is 8.82. The van der Waals surface area contributed by atoms with Gasteiger partial charge in [-0.2, -0.15) is 0 Å². The number of nitrogens with one attached hydrogen (secondary N) is 2. The molecule has 1 aliphatic carbocycles. The van der Waals surface area contributed by atoms with Gasteiger partial charge in [-0.25, -0.2) is 0 Å². The van der Waals surface area contributed by atoms with Gasteiger partial charge in [0.2, 0.25) is 5.91 Å². The minimum Gasteiger partial charge on any atom is -0.326 e. The zero-order chi connectivity index (χ0) is 13.9. The second kappa shape index (κ2) is 5.74. The molecule has 2 rings (SSSR count). The van der Waals surface area contributed by atoms with Crippen molar-refractivity contribution < 1.29 is 4.79 Å². The summed E-state index contributed by atoms with van der Waals surface area (Å²) in [5, 5.41) is 6.42. The number of benzene rings is 1. The van der Waals surface area contributed by atoms with Crippen molar-refractivity contribution in [1.82, 2.24) is 5.32 Å². The number of carbonyl (C=O) groups excluding carboxylic acids is 1. The first-order valence-corrected chi connectivity index (χ1v) is 7.04. The lowest BCUT2D eigenvalue weighted by molar-refractivity contribution is -0.117. The summed E-state index contributed by atoms with van der Waals surface area (Å²) < 4.78 is 0. The number of carbonyl (C=O) groups is 1. The van der Waals surface area contributed by atoms with Crippen LogP contribution in [0.3, 0.4) is 0 Å². The van der Waals surface area contributed by atoms with E-state index in [2.05, 4.69) is 43.5 Å². The molecule has 3 nitrogen and oxygen atoms in total. The molecule has 1 aromatic carbocycles. The van der Waals surface area contributed by atoms with E-state index in [0.29, 0.717) is 6.42 Å². The molecule has 1 amide bonds. The van der Waals surface area contributed by atoms with Crippen molar-refractivity contribution in [2.24, 2.45) is 5.41 Å². The molecule has 0 saturated heterocycles. The second-order valence-electron chi connectivity index (χ2n) is 6.64. The van der Waals surface area contributed by atoms with E-state index in [0.717, 1.165) is 18.3 Å². The van der Waals surface area contributed by atoms with Crippen LogP contribution in [-0.2, 0) is 11.3 Å². The summed E-state index contributed by atoms with van der Waals surface area (Å²) in [4.78, 5) is 11.8. The highest BCUT2D eigenvalue weighted by atomic mass is 16.1. The molecule has 0 heterocycles. The lowest BCUT2D eigenvalue weighted by Crippen LogP contribution is -2.19. The van der Waals surface area contributed by atoms with Gasteiger partial charge in [-0.15, -0.1) is 0 Å². The van der Waals surface area contributed by atoms with E-state index in [9.17, 15) is 4.79 Å². The van der Waals surface area contributed by atoms with E-state index in [1.54, 1.807) is 0 Å². The highest BCUT2D eigenvalue weighted by molar-refractivity contribution is 5.91. The van der Waals surface area contributed by atoms with Crippen molar-refractivity contribution in [2.45, 2.75) is 52.6 Å². The van der Waals surface area contributed by atoms with Crippen molar-refractivity contribution in [3.05, 3.63) is 29.8 Å². The fourth-order valence-corrected chi connectivity index (χ4v) is 1.94. The van der Waals surface area contributed by atoms with E-state index in [1.807, 2.05) is 12.1 Å². The molecule has 0 bridgehead atoms. The maximum Gasteiger partial charge on any atom is 0.224 e. The van der Waals surface area contributed by atoms with Crippen LogP contribution in [-0.4, -0.2) is 11.9 Å². The van der Waals surface area contributed by atoms with Crippen LogP contribution in [0, 0.1) is 5.41 Å². The number of amides is 1. The first-order chi connectivity index (χ1) is 8.92. The molecular formula is C16H24N2O. The Morgan fingerprint density at radius 3 is 2.37 bits per heavy atom. The Labute approximate surface area is 115 Å². The molecule has 0 radical (unpaired) electrons.